The van der Waals surface area contributed by atoms with Gasteiger partial charge in [0, 0.05) is 18.1 Å². The number of nitrogens with zero attached hydrogens (tertiary/aromatic N) is 2. The van der Waals surface area contributed by atoms with Crippen LogP contribution in [-0.4, -0.2) is 15.3 Å². The van der Waals surface area contributed by atoms with Crippen LogP contribution in [0.1, 0.15) is 33.6 Å². The normalized spacial score (nSPS) is 12.7. The summed E-state index contributed by atoms with van der Waals surface area (Å²) < 4.78 is 7.90. The number of carbonyl (C=O) groups excluding carboxylic acids is 1. The largest absolute Gasteiger partial charge is 0.486 e. The SMILES string of the molecule is O=C(Nc1ccc2c(c1)CCC2)c1ccccc1OCc1cn2ccccc2n1. The van der Waals surface area contributed by atoms with E-state index in [-0.39, 0.29) is 5.91 Å². The monoisotopic (exact) mass is 383 g/mol. The Morgan fingerprint density at radius 1 is 1.03 bits per heavy atom. The summed E-state index contributed by atoms with van der Waals surface area (Å²) in [6.07, 6.45) is 7.28. The van der Waals surface area contributed by atoms with Gasteiger partial charge in [0.15, 0.2) is 0 Å². The van der Waals surface area contributed by atoms with Crippen molar-refractivity contribution in [1.29, 1.82) is 0 Å². The molecule has 1 N–H and O–H groups in total. The first-order valence-electron chi connectivity index (χ1n) is 9.84. The Labute approximate surface area is 169 Å². The van der Waals surface area contributed by atoms with Crippen LogP contribution < -0.4 is 10.1 Å². The van der Waals surface area contributed by atoms with E-state index >= 15 is 0 Å². The first-order chi connectivity index (χ1) is 14.3. The maximum Gasteiger partial charge on any atom is 0.259 e. The van der Waals surface area contributed by atoms with Crippen LogP contribution in [0, 0.1) is 0 Å². The molecule has 5 nitrogen and oxygen atoms in total. The van der Waals surface area contributed by atoms with Gasteiger partial charge in [0.1, 0.15) is 18.0 Å². The van der Waals surface area contributed by atoms with Gasteiger partial charge in [0.2, 0.25) is 0 Å². The summed E-state index contributed by atoms with van der Waals surface area (Å²) in [5, 5.41) is 3.01. The Kier molecular flexibility index (Phi) is 4.48. The van der Waals surface area contributed by atoms with Crippen molar-refractivity contribution >= 4 is 17.2 Å². The molecule has 0 unspecified atom stereocenters. The molecule has 2 heterocycles. The van der Waals surface area contributed by atoms with E-state index in [1.54, 1.807) is 6.07 Å². The number of aryl methyl sites for hydroxylation is 2. The van der Waals surface area contributed by atoms with Crippen LogP contribution in [-0.2, 0) is 19.4 Å². The lowest BCUT2D eigenvalue weighted by Crippen LogP contribution is -2.14. The van der Waals surface area contributed by atoms with Gasteiger partial charge in [-0.3, -0.25) is 4.79 Å². The standard InChI is InChI=1S/C24H21N3O2/c28-24(26-19-12-11-17-6-5-7-18(17)14-19)21-8-1-2-9-22(21)29-16-20-15-27-13-4-3-10-23(27)25-20/h1-4,8-15H,5-7,16H2,(H,26,28). The number of benzene rings is 2. The fourth-order valence-corrected chi connectivity index (χ4v) is 3.84. The van der Waals surface area contributed by atoms with Crippen molar-refractivity contribution in [3.63, 3.8) is 0 Å². The highest BCUT2D eigenvalue weighted by Crippen LogP contribution is 2.26. The summed E-state index contributed by atoms with van der Waals surface area (Å²) in [6, 6.07) is 19.3. The number of rotatable bonds is 5. The maximum atomic E-state index is 12.9. The summed E-state index contributed by atoms with van der Waals surface area (Å²) >= 11 is 0. The van der Waals surface area contributed by atoms with Crippen molar-refractivity contribution in [3.05, 3.63) is 95.4 Å². The van der Waals surface area contributed by atoms with Gasteiger partial charge >= 0.3 is 0 Å². The third-order valence-electron chi connectivity index (χ3n) is 5.28. The molecule has 0 aliphatic heterocycles. The van der Waals surface area contributed by atoms with Gasteiger partial charge in [0.05, 0.1) is 11.3 Å². The minimum atomic E-state index is -0.173. The highest BCUT2D eigenvalue weighted by molar-refractivity contribution is 6.06. The Balaban J connectivity index is 1.32. The second-order valence-electron chi connectivity index (χ2n) is 7.27. The van der Waals surface area contributed by atoms with Crippen LogP contribution in [0.25, 0.3) is 5.65 Å². The topological polar surface area (TPSA) is 55.6 Å². The molecule has 1 aliphatic rings. The van der Waals surface area contributed by atoms with Gasteiger partial charge < -0.3 is 14.5 Å². The molecule has 2 aromatic heterocycles. The van der Waals surface area contributed by atoms with E-state index in [1.807, 2.05) is 59.3 Å². The smallest absolute Gasteiger partial charge is 0.259 e. The molecule has 5 heteroatoms. The lowest BCUT2D eigenvalue weighted by Gasteiger charge is -2.12. The fourth-order valence-electron chi connectivity index (χ4n) is 3.84. The van der Waals surface area contributed by atoms with Crippen molar-refractivity contribution in [3.8, 4) is 5.75 Å². The van der Waals surface area contributed by atoms with Gasteiger partial charge in [-0.1, -0.05) is 24.3 Å². The average molecular weight is 383 g/mol. The minimum absolute atomic E-state index is 0.173. The number of amides is 1. The highest BCUT2D eigenvalue weighted by Gasteiger charge is 2.15. The van der Waals surface area contributed by atoms with E-state index in [0.29, 0.717) is 17.9 Å². The molecule has 1 amide bonds. The Morgan fingerprint density at radius 2 is 1.90 bits per heavy atom. The molecule has 29 heavy (non-hydrogen) atoms. The predicted octanol–water partition coefficient (Wildman–Crippen LogP) is 4.65. The number of imidazole rings is 1. The molecular weight excluding hydrogens is 362 g/mol. The number of ether oxygens (including phenoxy) is 1. The second-order valence-corrected chi connectivity index (χ2v) is 7.27. The van der Waals surface area contributed by atoms with Crippen molar-refractivity contribution in [1.82, 2.24) is 9.38 Å². The number of fused-ring (bicyclic) bond motifs is 2. The highest BCUT2D eigenvalue weighted by atomic mass is 16.5. The number of para-hydroxylation sites is 1. The number of carbonyl (C=O) groups is 1. The van der Waals surface area contributed by atoms with Gasteiger partial charge in [-0.15, -0.1) is 0 Å². The second kappa shape index (κ2) is 7.43. The third-order valence-corrected chi connectivity index (χ3v) is 5.28. The van der Waals surface area contributed by atoms with Crippen molar-refractivity contribution in [2.45, 2.75) is 25.9 Å². The van der Waals surface area contributed by atoms with E-state index in [1.165, 1.54) is 17.5 Å². The van der Waals surface area contributed by atoms with E-state index in [0.717, 1.165) is 29.9 Å². The molecule has 0 saturated carbocycles. The number of pyridine rings is 1. The van der Waals surface area contributed by atoms with E-state index in [2.05, 4.69) is 22.4 Å². The molecule has 2 aromatic carbocycles. The third kappa shape index (κ3) is 3.59. The fraction of sp³-hybridized carbons (Fsp3) is 0.167. The van der Waals surface area contributed by atoms with E-state index < -0.39 is 0 Å². The molecule has 0 saturated heterocycles. The molecule has 0 fully saturated rings. The molecule has 0 atom stereocenters. The van der Waals surface area contributed by atoms with Crippen molar-refractivity contribution in [2.75, 3.05) is 5.32 Å². The van der Waals surface area contributed by atoms with E-state index in [4.69, 9.17) is 4.74 Å². The number of aromatic nitrogens is 2. The maximum absolute atomic E-state index is 12.9. The summed E-state index contributed by atoms with van der Waals surface area (Å²) in [6.45, 7) is 0.296. The van der Waals surface area contributed by atoms with Crippen molar-refractivity contribution in [2.24, 2.45) is 0 Å². The summed E-state index contributed by atoms with van der Waals surface area (Å²) in [5.74, 6) is 0.372. The zero-order valence-corrected chi connectivity index (χ0v) is 16.0. The molecule has 0 spiro atoms. The number of hydrogen-bond donors (Lipinski definition) is 1. The van der Waals surface area contributed by atoms with Crippen LogP contribution in [0.3, 0.4) is 0 Å². The zero-order chi connectivity index (χ0) is 19.6. The van der Waals surface area contributed by atoms with Crippen LogP contribution in [0.5, 0.6) is 5.75 Å². The molecule has 4 aromatic rings. The molecule has 5 rings (SSSR count). The summed E-state index contributed by atoms with van der Waals surface area (Å²) in [7, 11) is 0. The zero-order valence-electron chi connectivity index (χ0n) is 16.0. The van der Waals surface area contributed by atoms with Crippen LogP contribution in [0.2, 0.25) is 0 Å². The predicted molar refractivity (Wildman–Crippen MR) is 112 cm³/mol. The summed E-state index contributed by atoms with van der Waals surface area (Å²) in [5.41, 5.74) is 5.74. The average Bonchev–Trinajstić information content (AvgIpc) is 3.38. The van der Waals surface area contributed by atoms with Crippen LogP contribution in [0.4, 0.5) is 5.69 Å². The molecule has 0 radical (unpaired) electrons. The number of nitrogens with one attached hydrogen (secondary N) is 1. The van der Waals surface area contributed by atoms with Gasteiger partial charge in [-0.05, 0) is 66.8 Å². The first kappa shape index (κ1) is 17.5. The van der Waals surface area contributed by atoms with Gasteiger partial charge in [-0.25, -0.2) is 4.98 Å². The molecule has 144 valence electrons. The number of hydrogen-bond acceptors (Lipinski definition) is 3. The molecular formula is C24H21N3O2. The number of anilines is 1. The Hall–Kier alpha value is -3.60. The molecule has 0 bridgehead atoms. The van der Waals surface area contributed by atoms with E-state index in [9.17, 15) is 4.79 Å². The van der Waals surface area contributed by atoms with Gasteiger partial charge in [-0.2, -0.15) is 0 Å². The summed E-state index contributed by atoms with van der Waals surface area (Å²) in [4.78, 5) is 17.4. The molecule has 1 aliphatic carbocycles. The first-order valence-corrected chi connectivity index (χ1v) is 9.84. The van der Waals surface area contributed by atoms with Crippen molar-refractivity contribution < 1.29 is 9.53 Å². The minimum Gasteiger partial charge on any atom is -0.486 e. The van der Waals surface area contributed by atoms with Crippen LogP contribution in [0.15, 0.2) is 73.1 Å². The quantitative estimate of drug-likeness (QED) is 0.546. The van der Waals surface area contributed by atoms with Crippen LogP contribution >= 0.6 is 0 Å². The Bertz CT molecular complexity index is 1160. The lowest BCUT2D eigenvalue weighted by molar-refractivity contribution is 0.102. The Morgan fingerprint density at radius 3 is 2.83 bits per heavy atom. The van der Waals surface area contributed by atoms with Gasteiger partial charge in [0.25, 0.3) is 5.91 Å². The lowest BCUT2D eigenvalue weighted by atomic mass is 10.1.